The Kier molecular flexibility index (Phi) is 10.0. The van der Waals surface area contributed by atoms with E-state index in [1.54, 1.807) is 6.07 Å². The monoisotopic (exact) mass is 365 g/mol. The molecule has 0 radical (unpaired) electrons. The molecule has 1 aromatic carbocycles. The second-order valence-electron chi connectivity index (χ2n) is 8.51. The number of ether oxygens (including phenoxy) is 1. The fraction of sp³-hybridized carbons (Fsp3) is 0.727. The van der Waals surface area contributed by atoms with E-state index in [1.165, 1.54) is 12.8 Å². The van der Waals surface area contributed by atoms with Crippen LogP contribution in [0.15, 0.2) is 18.2 Å². The highest BCUT2D eigenvalue weighted by molar-refractivity contribution is 5.41. The molecule has 0 fully saturated rings. The first-order valence-electron chi connectivity index (χ1n) is 10.1. The number of unbranched alkanes of at least 4 members (excludes halogenated alkanes) is 2. The van der Waals surface area contributed by atoms with Crippen molar-refractivity contribution in [3.05, 3.63) is 23.8 Å². The number of aliphatic hydroxyl groups is 1. The molecule has 0 saturated carbocycles. The summed E-state index contributed by atoms with van der Waals surface area (Å²) in [4.78, 5) is 0. The van der Waals surface area contributed by atoms with Crippen LogP contribution in [0.1, 0.15) is 71.8 Å². The van der Waals surface area contributed by atoms with E-state index in [1.807, 2.05) is 12.1 Å². The lowest BCUT2D eigenvalue weighted by Crippen LogP contribution is -2.45. The van der Waals surface area contributed by atoms with E-state index in [0.717, 1.165) is 37.2 Å². The van der Waals surface area contributed by atoms with Crippen molar-refractivity contribution in [3.8, 4) is 11.5 Å². The molecule has 150 valence electrons. The molecule has 0 spiro atoms. The summed E-state index contributed by atoms with van der Waals surface area (Å²) >= 11 is 0. The Hall–Kier alpha value is -1.26. The van der Waals surface area contributed by atoms with E-state index in [4.69, 9.17) is 10.5 Å². The largest absolute Gasteiger partial charge is 0.504 e. The van der Waals surface area contributed by atoms with Crippen LogP contribution in [-0.4, -0.2) is 29.0 Å². The van der Waals surface area contributed by atoms with Gasteiger partial charge >= 0.3 is 0 Å². The maximum absolute atomic E-state index is 10.2. The van der Waals surface area contributed by atoms with Crippen molar-refractivity contribution in [1.82, 2.24) is 0 Å². The standard InChI is InChI=1S/C22H39NO3/c1-17(2)8-6-5-7-13-26-21-10-9-19(14-20(21)25)11-12-22(23,16-24)15-18(3)4/h9-10,14,17-18,24-25H,5-8,11-13,15-16,23H2,1-4H3/t22-/m0/s1. The Labute approximate surface area is 159 Å². The fourth-order valence-corrected chi connectivity index (χ4v) is 3.31. The number of phenolic OH excluding ortho intramolecular Hbond substituents is 1. The van der Waals surface area contributed by atoms with Crippen LogP contribution < -0.4 is 10.5 Å². The fourth-order valence-electron chi connectivity index (χ4n) is 3.31. The molecule has 1 atom stereocenters. The molecule has 0 aromatic heterocycles. The summed E-state index contributed by atoms with van der Waals surface area (Å²) in [7, 11) is 0. The van der Waals surface area contributed by atoms with Gasteiger partial charge in [-0.2, -0.15) is 0 Å². The summed E-state index contributed by atoms with van der Waals surface area (Å²) in [5.74, 6) is 1.92. The Bertz CT molecular complexity index is 516. The molecule has 0 saturated heterocycles. The number of hydrogen-bond acceptors (Lipinski definition) is 4. The summed E-state index contributed by atoms with van der Waals surface area (Å²) in [5, 5.41) is 19.8. The Morgan fingerprint density at radius 3 is 2.38 bits per heavy atom. The van der Waals surface area contributed by atoms with Crippen molar-refractivity contribution in [2.24, 2.45) is 17.6 Å². The molecule has 0 aliphatic carbocycles. The minimum absolute atomic E-state index is 0.0187. The van der Waals surface area contributed by atoms with Crippen molar-refractivity contribution in [1.29, 1.82) is 0 Å². The first-order chi connectivity index (χ1) is 12.3. The zero-order valence-electron chi connectivity index (χ0n) is 17.1. The van der Waals surface area contributed by atoms with Gasteiger partial charge in [0, 0.05) is 5.54 Å². The number of aliphatic hydroxyl groups excluding tert-OH is 1. The number of nitrogens with two attached hydrogens (primary N) is 1. The number of phenols is 1. The van der Waals surface area contributed by atoms with Crippen molar-refractivity contribution in [2.45, 2.75) is 78.2 Å². The van der Waals surface area contributed by atoms with E-state index < -0.39 is 5.54 Å². The quantitative estimate of drug-likeness (QED) is 0.445. The molecular weight excluding hydrogens is 326 g/mol. The molecule has 4 N–H and O–H groups in total. The van der Waals surface area contributed by atoms with Crippen molar-refractivity contribution >= 4 is 0 Å². The first kappa shape index (κ1) is 22.8. The van der Waals surface area contributed by atoms with Crippen molar-refractivity contribution < 1.29 is 14.9 Å². The van der Waals surface area contributed by atoms with Crippen LogP contribution in [0.4, 0.5) is 0 Å². The smallest absolute Gasteiger partial charge is 0.160 e. The maximum Gasteiger partial charge on any atom is 0.160 e. The van der Waals surface area contributed by atoms with E-state index in [-0.39, 0.29) is 12.4 Å². The molecule has 0 aliphatic rings. The number of aromatic hydroxyl groups is 1. The van der Waals surface area contributed by atoms with Crippen LogP contribution in [0, 0.1) is 11.8 Å². The van der Waals surface area contributed by atoms with E-state index >= 15 is 0 Å². The van der Waals surface area contributed by atoms with E-state index in [0.29, 0.717) is 24.7 Å². The van der Waals surface area contributed by atoms with Crippen LogP contribution in [0.5, 0.6) is 11.5 Å². The van der Waals surface area contributed by atoms with Crippen LogP contribution >= 0.6 is 0 Å². The van der Waals surface area contributed by atoms with Crippen LogP contribution in [-0.2, 0) is 6.42 Å². The first-order valence-corrected chi connectivity index (χ1v) is 10.1. The van der Waals surface area contributed by atoms with Crippen LogP contribution in [0.2, 0.25) is 0 Å². The predicted molar refractivity (Wildman–Crippen MR) is 109 cm³/mol. The van der Waals surface area contributed by atoms with Crippen molar-refractivity contribution in [2.75, 3.05) is 13.2 Å². The average Bonchev–Trinajstić information content (AvgIpc) is 2.56. The van der Waals surface area contributed by atoms with E-state index in [2.05, 4.69) is 27.7 Å². The summed E-state index contributed by atoms with van der Waals surface area (Å²) in [6.07, 6.45) is 6.86. The molecule has 0 unspecified atom stereocenters. The molecule has 1 aromatic rings. The highest BCUT2D eigenvalue weighted by Crippen LogP contribution is 2.29. The Morgan fingerprint density at radius 1 is 1.08 bits per heavy atom. The molecule has 4 heteroatoms. The molecule has 0 bridgehead atoms. The van der Waals surface area contributed by atoms with Gasteiger partial charge in [0.05, 0.1) is 13.2 Å². The molecule has 1 rings (SSSR count). The number of rotatable bonds is 13. The number of hydrogen-bond donors (Lipinski definition) is 3. The lowest BCUT2D eigenvalue weighted by molar-refractivity contribution is 0.165. The molecule has 4 nitrogen and oxygen atoms in total. The molecule has 0 heterocycles. The number of aryl methyl sites for hydroxylation is 1. The highest BCUT2D eigenvalue weighted by Gasteiger charge is 2.25. The van der Waals surface area contributed by atoms with Gasteiger partial charge in [0.2, 0.25) is 0 Å². The lowest BCUT2D eigenvalue weighted by Gasteiger charge is -2.29. The third-order valence-corrected chi connectivity index (χ3v) is 4.75. The van der Waals surface area contributed by atoms with Gasteiger partial charge in [0.1, 0.15) is 0 Å². The van der Waals surface area contributed by atoms with Gasteiger partial charge < -0.3 is 20.7 Å². The van der Waals surface area contributed by atoms with Gasteiger partial charge in [-0.1, -0.05) is 53.0 Å². The molecule has 26 heavy (non-hydrogen) atoms. The van der Waals surface area contributed by atoms with Gasteiger partial charge in [0.25, 0.3) is 0 Å². The summed E-state index contributed by atoms with van der Waals surface area (Å²) < 4.78 is 5.70. The van der Waals surface area contributed by atoms with Crippen molar-refractivity contribution in [3.63, 3.8) is 0 Å². The zero-order chi connectivity index (χ0) is 19.6. The SMILES string of the molecule is CC(C)CCCCCOc1ccc(CC[C@@](N)(CO)CC(C)C)cc1O. The zero-order valence-corrected chi connectivity index (χ0v) is 17.1. The molecular formula is C22H39NO3. The van der Waals surface area contributed by atoms with Crippen LogP contribution in [0.3, 0.4) is 0 Å². The van der Waals surface area contributed by atoms with Gasteiger partial charge in [-0.15, -0.1) is 0 Å². The second kappa shape index (κ2) is 11.5. The molecule has 0 amide bonds. The lowest BCUT2D eigenvalue weighted by atomic mass is 9.85. The number of benzene rings is 1. The third-order valence-electron chi connectivity index (χ3n) is 4.75. The maximum atomic E-state index is 10.2. The third kappa shape index (κ3) is 8.91. The minimum atomic E-state index is -0.561. The summed E-state index contributed by atoms with van der Waals surface area (Å²) in [6, 6.07) is 5.56. The highest BCUT2D eigenvalue weighted by atomic mass is 16.5. The topological polar surface area (TPSA) is 75.7 Å². The van der Waals surface area contributed by atoms with Gasteiger partial charge in [0.15, 0.2) is 11.5 Å². The molecule has 0 aliphatic heterocycles. The van der Waals surface area contributed by atoms with E-state index in [9.17, 15) is 10.2 Å². The average molecular weight is 366 g/mol. The van der Waals surface area contributed by atoms with Gasteiger partial charge in [-0.3, -0.25) is 0 Å². The second-order valence-corrected chi connectivity index (χ2v) is 8.51. The minimum Gasteiger partial charge on any atom is -0.504 e. The Morgan fingerprint density at radius 2 is 1.81 bits per heavy atom. The Balaban J connectivity index is 2.44. The predicted octanol–water partition coefficient (Wildman–Crippen LogP) is 4.66. The van der Waals surface area contributed by atoms with Crippen LogP contribution in [0.25, 0.3) is 0 Å². The summed E-state index contributed by atoms with van der Waals surface area (Å²) in [6.45, 7) is 9.32. The summed E-state index contributed by atoms with van der Waals surface area (Å²) in [5.41, 5.74) is 6.75. The van der Waals surface area contributed by atoms with Gasteiger partial charge in [-0.25, -0.2) is 0 Å². The van der Waals surface area contributed by atoms with Gasteiger partial charge in [-0.05, 0) is 55.2 Å². The normalized spacial score (nSPS) is 14.0.